The highest BCUT2D eigenvalue weighted by Gasteiger charge is 2.49. The zero-order valence-electron chi connectivity index (χ0n) is 9.64. The first-order valence-electron chi connectivity index (χ1n) is 5.17. The van der Waals surface area contributed by atoms with E-state index in [4.69, 9.17) is 0 Å². The lowest BCUT2D eigenvalue weighted by Gasteiger charge is -2.18. The molecule has 0 aromatic rings. The summed E-state index contributed by atoms with van der Waals surface area (Å²) in [4.78, 5) is 11.6. The van der Waals surface area contributed by atoms with Gasteiger partial charge in [0, 0.05) is 18.0 Å². The zero-order chi connectivity index (χ0) is 10.9. The van der Waals surface area contributed by atoms with Crippen molar-refractivity contribution in [3.63, 3.8) is 0 Å². The van der Waals surface area contributed by atoms with Crippen molar-refractivity contribution in [2.45, 2.75) is 46.7 Å². The van der Waals surface area contributed by atoms with Crippen molar-refractivity contribution < 1.29 is 4.79 Å². The van der Waals surface area contributed by atoms with Crippen LogP contribution in [0, 0.1) is 23.2 Å². The van der Waals surface area contributed by atoms with Crippen molar-refractivity contribution in [1.29, 1.82) is 0 Å². The molecule has 1 aliphatic rings. The standard InChI is InChI=1S/C12H19NO/c1-8(2)6-7-12(5,10(4)14)11-9(3)13-11/h8-9,11,13H,1-5H3/t9?,11?,12-/m0/s1. The molecule has 0 spiro atoms. The third kappa shape index (κ3) is 2.16. The summed E-state index contributed by atoms with van der Waals surface area (Å²) in [5, 5.41) is 3.25. The molecule has 2 nitrogen and oxygen atoms in total. The predicted octanol–water partition coefficient (Wildman–Crippen LogP) is 1.60. The van der Waals surface area contributed by atoms with Gasteiger partial charge in [0.2, 0.25) is 0 Å². The van der Waals surface area contributed by atoms with Crippen LogP contribution in [-0.4, -0.2) is 17.9 Å². The molecule has 1 aliphatic heterocycles. The second kappa shape index (κ2) is 3.74. The fraction of sp³-hybridized carbons (Fsp3) is 0.750. The maximum Gasteiger partial charge on any atom is 0.149 e. The van der Waals surface area contributed by atoms with E-state index in [1.165, 1.54) is 0 Å². The van der Waals surface area contributed by atoms with E-state index in [0.29, 0.717) is 12.0 Å². The molecule has 1 rings (SSSR count). The number of carbonyl (C=O) groups is 1. The van der Waals surface area contributed by atoms with Crippen LogP contribution >= 0.6 is 0 Å². The Morgan fingerprint density at radius 3 is 2.29 bits per heavy atom. The average molecular weight is 193 g/mol. The molecule has 0 bridgehead atoms. The maximum absolute atomic E-state index is 11.6. The fourth-order valence-electron chi connectivity index (χ4n) is 1.57. The summed E-state index contributed by atoms with van der Waals surface area (Å²) in [5.41, 5.74) is -0.496. The summed E-state index contributed by atoms with van der Waals surface area (Å²) >= 11 is 0. The first-order valence-corrected chi connectivity index (χ1v) is 5.17. The van der Waals surface area contributed by atoms with E-state index in [2.05, 4.69) is 24.1 Å². The fourth-order valence-corrected chi connectivity index (χ4v) is 1.57. The van der Waals surface area contributed by atoms with Gasteiger partial charge in [-0.05, 0) is 20.8 Å². The number of hydrogen-bond donors (Lipinski definition) is 1. The van der Waals surface area contributed by atoms with Gasteiger partial charge in [-0.3, -0.25) is 4.79 Å². The quantitative estimate of drug-likeness (QED) is 0.534. The van der Waals surface area contributed by atoms with E-state index < -0.39 is 5.41 Å². The average Bonchev–Trinajstić information content (AvgIpc) is 2.78. The second-order valence-corrected chi connectivity index (χ2v) is 4.62. The van der Waals surface area contributed by atoms with Crippen molar-refractivity contribution in [1.82, 2.24) is 5.32 Å². The monoisotopic (exact) mass is 193 g/mol. The van der Waals surface area contributed by atoms with Gasteiger partial charge in [0.15, 0.2) is 0 Å². The molecule has 0 radical (unpaired) electrons. The van der Waals surface area contributed by atoms with Gasteiger partial charge in [0.1, 0.15) is 11.2 Å². The Balaban J connectivity index is 2.85. The smallest absolute Gasteiger partial charge is 0.149 e. The van der Waals surface area contributed by atoms with Crippen molar-refractivity contribution in [3.8, 4) is 11.8 Å². The van der Waals surface area contributed by atoms with Gasteiger partial charge >= 0.3 is 0 Å². The third-order valence-electron chi connectivity index (χ3n) is 2.81. The van der Waals surface area contributed by atoms with Crippen LogP contribution in [-0.2, 0) is 4.79 Å². The van der Waals surface area contributed by atoms with E-state index in [-0.39, 0.29) is 11.8 Å². The van der Waals surface area contributed by atoms with E-state index in [9.17, 15) is 4.79 Å². The van der Waals surface area contributed by atoms with Crippen LogP contribution in [0.3, 0.4) is 0 Å². The Labute approximate surface area is 86.5 Å². The highest BCUT2D eigenvalue weighted by Crippen LogP contribution is 2.32. The molecule has 3 atom stereocenters. The van der Waals surface area contributed by atoms with Crippen LogP contribution in [0.25, 0.3) is 0 Å². The van der Waals surface area contributed by atoms with Crippen molar-refractivity contribution in [3.05, 3.63) is 0 Å². The summed E-state index contributed by atoms with van der Waals surface area (Å²) in [6.07, 6.45) is 0. The molecule has 2 unspecified atom stereocenters. The van der Waals surface area contributed by atoms with Crippen molar-refractivity contribution >= 4 is 5.78 Å². The van der Waals surface area contributed by atoms with Crippen molar-refractivity contribution in [2.24, 2.45) is 11.3 Å². The Hall–Kier alpha value is -0.810. The first kappa shape index (κ1) is 11.3. The highest BCUT2D eigenvalue weighted by atomic mass is 16.1. The number of Topliss-reactive ketones (excluding diaryl/α,β-unsaturated/α-hetero) is 1. The number of carbonyl (C=O) groups excluding carboxylic acids is 1. The van der Waals surface area contributed by atoms with E-state index in [1.807, 2.05) is 20.8 Å². The molecule has 2 heteroatoms. The van der Waals surface area contributed by atoms with Crippen LogP contribution in [0.15, 0.2) is 0 Å². The lowest BCUT2D eigenvalue weighted by molar-refractivity contribution is -0.123. The lowest BCUT2D eigenvalue weighted by Crippen LogP contribution is -2.32. The first-order chi connectivity index (χ1) is 6.38. The van der Waals surface area contributed by atoms with Crippen LogP contribution in [0.1, 0.15) is 34.6 Å². The van der Waals surface area contributed by atoms with Crippen molar-refractivity contribution in [2.75, 3.05) is 0 Å². The van der Waals surface area contributed by atoms with E-state index >= 15 is 0 Å². The number of nitrogens with one attached hydrogen (secondary N) is 1. The Morgan fingerprint density at radius 2 is 2.00 bits per heavy atom. The largest absolute Gasteiger partial charge is 0.307 e. The molecular weight excluding hydrogens is 174 g/mol. The van der Waals surface area contributed by atoms with Crippen LogP contribution in [0.4, 0.5) is 0 Å². The van der Waals surface area contributed by atoms with Crippen LogP contribution in [0.2, 0.25) is 0 Å². The Bertz CT molecular complexity index is 297. The number of rotatable bonds is 2. The van der Waals surface area contributed by atoms with Crippen LogP contribution < -0.4 is 5.32 Å². The van der Waals surface area contributed by atoms with E-state index in [1.54, 1.807) is 6.92 Å². The molecule has 0 aliphatic carbocycles. The summed E-state index contributed by atoms with van der Waals surface area (Å²) in [6, 6.07) is 0.664. The molecule has 78 valence electrons. The van der Waals surface area contributed by atoms with E-state index in [0.717, 1.165) is 0 Å². The van der Waals surface area contributed by atoms with Gasteiger partial charge in [-0.1, -0.05) is 25.7 Å². The SMILES string of the molecule is CC(=O)[C@](C)(C#CC(C)C)C1NC1C. The Morgan fingerprint density at radius 1 is 1.50 bits per heavy atom. The number of ketones is 1. The molecule has 1 fully saturated rings. The zero-order valence-corrected chi connectivity index (χ0v) is 9.64. The van der Waals surface area contributed by atoms with Gasteiger partial charge < -0.3 is 5.32 Å². The summed E-state index contributed by atoms with van der Waals surface area (Å²) in [7, 11) is 0. The molecule has 1 N–H and O–H groups in total. The molecular formula is C12H19NO. The molecule has 1 saturated heterocycles. The molecule has 1 heterocycles. The lowest BCUT2D eigenvalue weighted by atomic mass is 9.81. The summed E-state index contributed by atoms with van der Waals surface area (Å²) in [6.45, 7) is 9.73. The molecule has 0 aromatic carbocycles. The molecule has 14 heavy (non-hydrogen) atoms. The summed E-state index contributed by atoms with van der Waals surface area (Å²) < 4.78 is 0. The number of hydrogen-bond acceptors (Lipinski definition) is 2. The molecule has 0 aromatic heterocycles. The maximum atomic E-state index is 11.6. The Kier molecular flexibility index (Phi) is 3.01. The van der Waals surface area contributed by atoms with Crippen LogP contribution in [0.5, 0.6) is 0 Å². The third-order valence-corrected chi connectivity index (χ3v) is 2.81. The molecule has 0 saturated carbocycles. The minimum Gasteiger partial charge on any atom is -0.307 e. The highest BCUT2D eigenvalue weighted by molar-refractivity contribution is 5.87. The minimum atomic E-state index is -0.496. The normalized spacial score (nSPS) is 29.0. The predicted molar refractivity (Wildman–Crippen MR) is 57.8 cm³/mol. The van der Waals surface area contributed by atoms with Gasteiger partial charge in [-0.15, -0.1) is 0 Å². The second-order valence-electron chi connectivity index (χ2n) is 4.62. The van der Waals surface area contributed by atoms with Gasteiger partial charge in [0.25, 0.3) is 0 Å². The van der Waals surface area contributed by atoms with Gasteiger partial charge in [0.05, 0.1) is 0 Å². The summed E-state index contributed by atoms with van der Waals surface area (Å²) in [5.74, 6) is 6.71. The van der Waals surface area contributed by atoms with Gasteiger partial charge in [-0.25, -0.2) is 0 Å². The minimum absolute atomic E-state index is 0.160. The topological polar surface area (TPSA) is 39.0 Å². The molecule has 0 amide bonds. The van der Waals surface area contributed by atoms with Gasteiger partial charge in [-0.2, -0.15) is 0 Å².